The highest BCUT2D eigenvalue weighted by Crippen LogP contribution is 2.54. The van der Waals surface area contributed by atoms with Gasteiger partial charge in [0.2, 0.25) is 0 Å². The van der Waals surface area contributed by atoms with Crippen molar-refractivity contribution >= 4 is 61.4 Å². The lowest BCUT2D eigenvalue weighted by Gasteiger charge is -2.50. The highest BCUT2D eigenvalue weighted by atomic mass is 16.6. The van der Waals surface area contributed by atoms with Crippen LogP contribution in [-0.2, 0) is 21.7 Å². The smallest absolute Gasteiger partial charge is 0.335 e. The summed E-state index contributed by atoms with van der Waals surface area (Å²) < 4.78 is 18.0. The molecule has 2 N–H and O–H groups in total. The monoisotopic (exact) mass is 614 g/mol. The molecule has 2 aromatic heterocycles. The molecule has 9 rings (SSSR count). The number of hydrogen-bond acceptors (Lipinski definition) is 5. The number of likely N-dealkylation sites (N-methyl/N-ethyl adjacent to an activating group) is 1. The van der Waals surface area contributed by atoms with Crippen LogP contribution >= 0.6 is 0 Å². The number of amides is 2. The van der Waals surface area contributed by atoms with Crippen LogP contribution in [0.1, 0.15) is 56.2 Å². The van der Waals surface area contributed by atoms with Gasteiger partial charge in [0.1, 0.15) is 12.3 Å². The molecule has 1 saturated heterocycles. The van der Waals surface area contributed by atoms with Crippen molar-refractivity contribution in [2.75, 3.05) is 14.2 Å². The van der Waals surface area contributed by atoms with E-state index in [-0.39, 0.29) is 17.4 Å². The molecular weight excluding hydrogens is 584 g/mol. The fraction of sp³-hybridized carbons (Fsp3) is 0.250. The van der Waals surface area contributed by atoms with Crippen molar-refractivity contribution < 1.29 is 29.0 Å². The molecule has 0 aliphatic carbocycles. The number of benzene rings is 4. The van der Waals surface area contributed by atoms with Crippen molar-refractivity contribution in [2.45, 2.75) is 44.0 Å². The predicted octanol–water partition coefficient (Wildman–Crippen LogP) is 5.61. The minimum absolute atomic E-state index is 0.0807. The Labute approximate surface area is 262 Å². The van der Waals surface area contributed by atoms with Crippen molar-refractivity contribution in [2.24, 2.45) is 0 Å². The number of hydrogen-bond donors (Lipinski definition) is 2. The van der Waals surface area contributed by atoms with E-state index in [4.69, 9.17) is 9.47 Å². The summed E-state index contributed by atoms with van der Waals surface area (Å²) in [6, 6.07) is 21.9. The van der Waals surface area contributed by atoms with E-state index in [1.54, 1.807) is 31.2 Å². The van der Waals surface area contributed by atoms with Gasteiger partial charge in [0.15, 0.2) is 5.72 Å². The number of aromatic nitrogens is 2. The van der Waals surface area contributed by atoms with Gasteiger partial charge >= 0.3 is 5.97 Å². The van der Waals surface area contributed by atoms with Gasteiger partial charge in [-0.1, -0.05) is 36.4 Å². The largest absolute Gasteiger partial charge is 0.478 e. The van der Waals surface area contributed by atoms with Gasteiger partial charge in [0.25, 0.3) is 11.8 Å². The zero-order chi connectivity index (χ0) is 31.6. The molecule has 0 unspecified atom stereocenters. The maximum atomic E-state index is 14.0. The lowest BCUT2D eigenvalue weighted by atomic mass is 9.91. The standard InChI is InChI=1S/C36H30N4O6/c1-36-32(45-3)25(38(2)34(42)18-12-14-19(15-13-18)35(43)44)16-26(46-36)39-23-10-6-4-8-20(23)28-29-22(17-37-33(29)41)27-21-9-5-7-11-24(21)40(36)31(27)30(28)39/h4-15,25-26,32H,16-17H2,1-3H3,(H,37,41)(H,43,44)/t25-,26-,32-,36+/m1/s1. The molecule has 6 aromatic rings. The van der Waals surface area contributed by atoms with Crippen LogP contribution in [0.2, 0.25) is 0 Å². The number of fused-ring (bicyclic) bond motifs is 13. The number of methoxy groups -OCH3 is 1. The van der Waals surface area contributed by atoms with E-state index in [2.05, 4.69) is 38.7 Å². The zero-order valence-electron chi connectivity index (χ0n) is 25.4. The molecule has 0 spiro atoms. The third-order valence-corrected chi connectivity index (χ3v) is 10.4. The highest BCUT2D eigenvalue weighted by molar-refractivity contribution is 6.31. The van der Waals surface area contributed by atoms with Crippen LogP contribution in [0.5, 0.6) is 0 Å². The molecule has 10 nitrogen and oxygen atoms in total. The maximum Gasteiger partial charge on any atom is 0.335 e. The third-order valence-electron chi connectivity index (χ3n) is 10.4. The molecule has 2 bridgehead atoms. The van der Waals surface area contributed by atoms with Crippen molar-refractivity contribution in [3.05, 3.63) is 95.1 Å². The molecule has 2 amide bonds. The SMILES string of the molecule is CO[C@@H]1[C@H](N(C)C(=O)c2ccc(C(=O)O)cc2)C[C@H]2O[C@]1(C)n1c3ccccc3c3c4c(c5c6ccccc6n2c5c31)C(=O)NC4. The number of carboxylic acid groups (broad SMARTS) is 1. The second-order valence-corrected chi connectivity index (χ2v) is 12.6. The van der Waals surface area contributed by atoms with E-state index < -0.39 is 30.1 Å². The number of ether oxygens (including phenoxy) is 2. The van der Waals surface area contributed by atoms with Crippen LogP contribution in [0.3, 0.4) is 0 Å². The summed E-state index contributed by atoms with van der Waals surface area (Å²) in [7, 11) is 3.42. The Morgan fingerprint density at radius 1 is 0.957 bits per heavy atom. The van der Waals surface area contributed by atoms with Gasteiger partial charge < -0.3 is 33.9 Å². The lowest BCUT2D eigenvalue weighted by molar-refractivity contribution is -0.264. The number of aromatic carboxylic acids is 1. The number of para-hydroxylation sites is 2. The van der Waals surface area contributed by atoms with Gasteiger partial charge in [-0.05, 0) is 48.9 Å². The summed E-state index contributed by atoms with van der Waals surface area (Å²) in [5.74, 6) is -1.38. The second kappa shape index (κ2) is 9.18. The van der Waals surface area contributed by atoms with Crippen LogP contribution in [0.25, 0.3) is 43.6 Å². The summed E-state index contributed by atoms with van der Waals surface area (Å²) >= 11 is 0. The van der Waals surface area contributed by atoms with Crippen LogP contribution in [-0.4, -0.2) is 63.2 Å². The quantitative estimate of drug-likeness (QED) is 0.267. The summed E-state index contributed by atoms with van der Waals surface area (Å²) in [6.45, 7) is 2.46. The van der Waals surface area contributed by atoms with Gasteiger partial charge in [0.05, 0.1) is 39.2 Å². The Bertz CT molecular complexity index is 2340. The van der Waals surface area contributed by atoms with Crippen molar-refractivity contribution in [3.63, 3.8) is 0 Å². The average molecular weight is 615 g/mol. The second-order valence-electron chi connectivity index (χ2n) is 12.6. The minimum atomic E-state index is -1.07. The van der Waals surface area contributed by atoms with E-state index in [9.17, 15) is 19.5 Å². The Balaban J connectivity index is 1.35. The molecule has 5 heterocycles. The number of carbonyl (C=O) groups is 3. The molecule has 0 radical (unpaired) electrons. The number of carboxylic acids is 1. The Morgan fingerprint density at radius 2 is 1.61 bits per heavy atom. The van der Waals surface area contributed by atoms with Gasteiger partial charge in [-0.25, -0.2) is 4.79 Å². The van der Waals surface area contributed by atoms with Crippen LogP contribution in [0, 0.1) is 0 Å². The Morgan fingerprint density at radius 3 is 2.30 bits per heavy atom. The van der Waals surface area contributed by atoms with E-state index in [1.165, 1.54) is 12.1 Å². The number of rotatable bonds is 4. The van der Waals surface area contributed by atoms with E-state index >= 15 is 0 Å². The zero-order valence-corrected chi connectivity index (χ0v) is 25.4. The third kappa shape index (κ3) is 3.24. The van der Waals surface area contributed by atoms with Gasteiger partial charge in [-0.2, -0.15) is 0 Å². The molecular formula is C36H30N4O6. The first-order valence-electron chi connectivity index (χ1n) is 15.3. The summed E-state index contributed by atoms with van der Waals surface area (Å²) in [4.78, 5) is 40.7. The van der Waals surface area contributed by atoms with Gasteiger partial charge in [0, 0.05) is 54.2 Å². The summed E-state index contributed by atoms with van der Waals surface area (Å²) in [6.07, 6.45) is -0.669. The van der Waals surface area contributed by atoms with Gasteiger partial charge in [-0.15, -0.1) is 0 Å². The van der Waals surface area contributed by atoms with E-state index in [0.29, 0.717) is 24.1 Å². The minimum Gasteiger partial charge on any atom is -0.478 e. The normalized spacial score (nSPS) is 23.3. The molecule has 4 atom stereocenters. The molecule has 0 saturated carbocycles. The fourth-order valence-corrected chi connectivity index (χ4v) is 8.50. The van der Waals surface area contributed by atoms with Crippen molar-refractivity contribution in [1.29, 1.82) is 0 Å². The van der Waals surface area contributed by atoms with Crippen molar-refractivity contribution in [3.8, 4) is 0 Å². The molecule has 3 aliphatic heterocycles. The molecule has 230 valence electrons. The first-order chi connectivity index (χ1) is 22.2. The molecule has 1 fully saturated rings. The number of nitrogens with one attached hydrogen (secondary N) is 1. The summed E-state index contributed by atoms with van der Waals surface area (Å²) in [5.41, 5.74) is 4.94. The number of carbonyl (C=O) groups excluding carboxylic acids is 2. The predicted molar refractivity (Wildman–Crippen MR) is 172 cm³/mol. The summed E-state index contributed by atoms with van der Waals surface area (Å²) in [5, 5.41) is 16.4. The Kier molecular flexibility index (Phi) is 5.42. The first kappa shape index (κ1) is 27.1. The molecule has 3 aliphatic rings. The molecule has 10 heteroatoms. The first-order valence-corrected chi connectivity index (χ1v) is 15.3. The lowest BCUT2D eigenvalue weighted by Crippen LogP contribution is -2.61. The van der Waals surface area contributed by atoms with Crippen molar-refractivity contribution in [1.82, 2.24) is 19.4 Å². The number of nitrogens with zero attached hydrogens (tertiary/aromatic N) is 3. The maximum absolute atomic E-state index is 14.0. The average Bonchev–Trinajstić information content (AvgIpc) is 3.71. The molecule has 4 aromatic carbocycles. The van der Waals surface area contributed by atoms with Gasteiger partial charge in [-0.3, -0.25) is 9.59 Å². The van der Waals surface area contributed by atoms with E-state index in [1.807, 2.05) is 31.2 Å². The topological polar surface area (TPSA) is 115 Å². The van der Waals surface area contributed by atoms with Crippen LogP contribution in [0.4, 0.5) is 0 Å². The van der Waals surface area contributed by atoms with Crippen LogP contribution < -0.4 is 5.32 Å². The fourth-order valence-electron chi connectivity index (χ4n) is 8.50. The molecule has 46 heavy (non-hydrogen) atoms. The van der Waals surface area contributed by atoms with E-state index in [0.717, 1.165) is 49.2 Å². The van der Waals surface area contributed by atoms with Crippen LogP contribution in [0.15, 0.2) is 72.8 Å². The Hall–Kier alpha value is -5.19. The highest BCUT2D eigenvalue weighted by Gasteiger charge is 2.55.